The van der Waals surface area contributed by atoms with Gasteiger partial charge in [0.05, 0.1) is 13.1 Å². The fraction of sp³-hybridized carbons (Fsp3) is 0.333. The number of hydrogen-bond donors (Lipinski definition) is 2. The van der Waals surface area contributed by atoms with Gasteiger partial charge in [-0.3, -0.25) is 14.5 Å². The summed E-state index contributed by atoms with van der Waals surface area (Å²) in [5.74, 6) is -0.614. The van der Waals surface area contributed by atoms with Crippen molar-refractivity contribution in [3.05, 3.63) is 70.5 Å². The van der Waals surface area contributed by atoms with E-state index in [1.165, 1.54) is 12.1 Å². The van der Waals surface area contributed by atoms with E-state index in [-0.39, 0.29) is 30.7 Å². The van der Waals surface area contributed by atoms with Crippen LogP contribution in [-0.2, 0) is 22.6 Å². The summed E-state index contributed by atoms with van der Waals surface area (Å²) in [6.45, 7) is 3.60. The lowest BCUT2D eigenvalue weighted by molar-refractivity contribution is -0.125. The number of rotatable bonds is 10. The molecule has 0 saturated heterocycles. The van der Waals surface area contributed by atoms with Crippen molar-refractivity contribution in [1.82, 2.24) is 15.5 Å². The van der Waals surface area contributed by atoms with Gasteiger partial charge in [-0.05, 0) is 48.4 Å². The van der Waals surface area contributed by atoms with Crippen LogP contribution >= 0.6 is 11.6 Å². The minimum atomic E-state index is -0.311. The second-order valence-corrected chi connectivity index (χ2v) is 6.87. The Morgan fingerprint density at radius 2 is 1.50 bits per heavy atom. The number of benzene rings is 2. The van der Waals surface area contributed by atoms with Gasteiger partial charge in [-0.25, -0.2) is 4.39 Å². The van der Waals surface area contributed by atoms with Crippen LogP contribution in [0, 0.1) is 5.82 Å². The van der Waals surface area contributed by atoms with E-state index < -0.39 is 0 Å². The molecule has 0 aliphatic carbocycles. The van der Waals surface area contributed by atoms with E-state index in [9.17, 15) is 14.0 Å². The Balaban J connectivity index is 1.68. The molecule has 0 spiro atoms. The topological polar surface area (TPSA) is 61.4 Å². The molecule has 2 rings (SSSR count). The Kier molecular flexibility index (Phi) is 8.91. The maximum atomic E-state index is 12.9. The molecule has 2 amide bonds. The zero-order chi connectivity index (χ0) is 20.4. The van der Waals surface area contributed by atoms with Crippen molar-refractivity contribution in [2.75, 3.05) is 26.2 Å². The zero-order valence-corrected chi connectivity index (χ0v) is 16.6. The number of nitrogens with one attached hydrogen (secondary N) is 2. The predicted molar refractivity (Wildman–Crippen MR) is 109 cm³/mol. The first-order chi connectivity index (χ1) is 13.5. The van der Waals surface area contributed by atoms with E-state index in [0.29, 0.717) is 31.1 Å². The van der Waals surface area contributed by atoms with Crippen molar-refractivity contribution in [3.8, 4) is 0 Å². The number of carbonyl (C=O) groups is 2. The highest BCUT2D eigenvalue weighted by atomic mass is 35.5. The second kappa shape index (κ2) is 11.4. The molecule has 5 nitrogen and oxygen atoms in total. The van der Waals surface area contributed by atoms with Crippen LogP contribution in [0.2, 0.25) is 5.02 Å². The highest BCUT2D eigenvalue weighted by Gasteiger charge is 2.13. The third-order valence-corrected chi connectivity index (χ3v) is 4.49. The zero-order valence-electron chi connectivity index (χ0n) is 15.9. The molecule has 2 aromatic carbocycles. The quantitative estimate of drug-likeness (QED) is 0.639. The lowest BCUT2D eigenvalue weighted by Crippen LogP contribution is -2.43. The van der Waals surface area contributed by atoms with Crippen LogP contribution in [0.4, 0.5) is 4.39 Å². The van der Waals surface area contributed by atoms with Crippen molar-refractivity contribution in [1.29, 1.82) is 0 Å². The fourth-order valence-corrected chi connectivity index (χ4v) is 2.72. The molecule has 0 fully saturated rings. The number of hydrogen-bond acceptors (Lipinski definition) is 3. The van der Waals surface area contributed by atoms with Crippen molar-refractivity contribution < 1.29 is 14.0 Å². The summed E-state index contributed by atoms with van der Waals surface area (Å²) in [7, 11) is 0. The van der Waals surface area contributed by atoms with Crippen LogP contribution in [0.25, 0.3) is 0 Å². The van der Waals surface area contributed by atoms with Crippen LogP contribution in [0.5, 0.6) is 0 Å². The van der Waals surface area contributed by atoms with E-state index in [1.54, 1.807) is 17.0 Å². The van der Waals surface area contributed by atoms with Crippen LogP contribution in [0.3, 0.4) is 0 Å². The van der Waals surface area contributed by atoms with Crippen LogP contribution in [0.15, 0.2) is 48.5 Å². The molecule has 0 aliphatic heterocycles. The fourth-order valence-electron chi connectivity index (χ4n) is 2.60. The smallest absolute Gasteiger partial charge is 0.234 e. The minimum absolute atomic E-state index is 0.123. The lowest BCUT2D eigenvalue weighted by atomic mass is 10.1. The number of halogens is 2. The van der Waals surface area contributed by atoms with Crippen LogP contribution < -0.4 is 10.6 Å². The molecule has 0 aromatic heterocycles. The molecule has 28 heavy (non-hydrogen) atoms. The van der Waals surface area contributed by atoms with E-state index in [1.807, 2.05) is 31.2 Å². The van der Waals surface area contributed by atoms with Crippen molar-refractivity contribution in [3.63, 3.8) is 0 Å². The van der Waals surface area contributed by atoms with Crippen LogP contribution in [-0.4, -0.2) is 42.9 Å². The van der Waals surface area contributed by atoms with Crippen molar-refractivity contribution in [2.24, 2.45) is 0 Å². The molecule has 7 heteroatoms. The third kappa shape index (κ3) is 8.06. The van der Waals surface area contributed by atoms with E-state index in [4.69, 9.17) is 11.6 Å². The third-order valence-electron chi connectivity index (χ3n) is 4.23. The van der Waals surface area contributed by atoms with Gasteiger partial charge in [0.25, 0.3) is 0 Å². The summed E-state index contributed by atoms with van der Waals surface area (Å²) in [5, 5.41) is 6.33. The van der Waals surface area contributed by atoms with Crippen molar-refractivity contribution in [2.45, 2.75) is 19.9 Å². The average Bonchev–Trinajstić information content (AvgIpc) is 2.68. The Morgan fingerprint density at radius 3 is 2.11 bits per heavy atom. The van der Waals surface area contributed by atoms with Gasteiger partial charge in [0, 0.05) is 18.1 Å². The number of carbonyl (C=O) groups excluding carboxylic acids is 2. The molecule has 2 aromatic rings. The predicted octanol–water partition coefficient (Wildman–Crippen LogP) is 2.78. The summed E-state index contributed by atoms with van der Waals surface area (Å²) in [5.41, 5.74) is 1.91. The molecule has 0 aliphatic rings. The first-order valence-electron chi connectivity index (χ1n) is 9.21. The summed E-state index contributed by atoms with van der Waals surface area (Å²) >= 11 is 5.85. The summed E-state index contributed by atoms with van der Waals surface area (Å²) in [4.78, 5) is 26.0. The highest BCUT2D eigenvalue weighted by Crippen LogP contribution is 2.09. The molecular weight excluding hydrogens is 381 g/mol. The lowest BCUT2D eigenvalue weighted by Gasteiger charge is -2.19. The molecule has 0 atom stereocenters. The molecular formula is C21H25ClFN3O2. The molecule has 0 heterocycles. The van der Waals surface area contributed by atoms with Gasteiger partial charge in [-0.15, -0.1) is 0 Å². The Morgan fingerprint density at radius 1 is 0.929 bits per heavy atom. The van der Waals surface area contributed by atoms with Crippen molar-refractivity contribution >= 4 is 23.4 Å². The van der Waals surface area contributed by atoms with Gasteiger partial charge in [-0.2, -0.15) is 0 Å². The molecule has 2 N–H and O–H groups in total. The molecule has 0 bridgehead atoms. The highest BCUT2D eigenvalue weighted by molar-refractivity contribution is 6.30. The Hall–Kier alpha value is -2.44. The summed E-state index contributed by atoms with van der Waals surface area (Å²) in [6, 6.07) is 13.5. The van der Waals surface area contributed by atoms with E-state index in [0.717, 1.165) is 11.1 Å². The number of amides is 2. The standard InChI is InChI=1S/C21H25ClFN3O2/c1-2-26(15-21(28)25-13-17-5-9-19(23)10-6-17)14-20(27)24-12-11-16-3-7-18(22)8-4-16/h3-10H,2,11-15H2,1H3,(H,24,27)(H,25,28). The monoisotopic (exact) mass is 405 g/mol. The average molecular weight is 406 g/mol. The summed E-state index contributed by atoms with van der Waals surface area (Å²) < 4.78 is 12.9. The van der Waals surface area contributed by atoms with E-state index in [2.05, 4.69) is 10.6 Å². The summed E-state index contributed by atoms with van der Waals surface area (Å²) in [6.07, 6.45) is 0.715. The first kappa shape index (κ1) is 21.9. The molecule has 0 radical (unpaired) electrons. The second-order valence-electron chi connectivity index (χ2n) is 6.43. The first-order valence-corrected chi connectivity index (χ1v) is 9.58. The molecule has 150 valence electrons. The van der Waals surface area contributed by atoms with Gasteiger partial charge >= 0.3 is 0 Å². The maximum Gasteiger partial charge on any atom is 0.234 e. The largest absolute Gasteiger partial charge is 0.355 e. The van der Waals surface area contributed by atoms with Crippen LogP contribution in [0.1, 0.15) is 18.1 Å². The van der Waals surface area contributed by atoms with Gasteiger partial charge in [0.1, 0.15) is 5.82 Å². The van der Waals surface area contributed by atoms with Gasteiger partial charge < -0.3 is 10.6 Å². The normalized spacial score (nSPS) is 10.7. The van der Waals surface area contributed by atoms with Gasteiger partial charge in [-0.1, -0.05) is 42.8 Å². The van der Waals surface area contributed by atoms with Gasteiger partial charge in [0.2, 0.25) is 11.8 Å². The Labute approximate surface area is 169 Å². The minimum Gasteiger partial charge on any atom is -0.355 e. The SMILES string of the molecule is CCN(CC(=O)NCCc1ccc(Cl)cc1)CC(=O)NCc1ccc(F)cc1. The molecule has 0 saturated carbocycles. The molecule has 0 unspecified atom stereocenters. The number of likely N-dealkylation sites (N-methyl/N-ethyl adjacent to an activating group) is 1. The van der Waals surface area contributed by atoms with E-state index >= 15 is 0 Å². The van der Waals surface area contributed by atoms with Gasteiger partial charge in [0.15, 0.2) is 0 Å². The Bertz CT molecular complexity index is 766. The maximum absolute atomic E-state index is 12.9. The number of nitrogens with zero attached hydrogens (tertiary/aromatic N) is 1.